The van der Waals surface area contributed by atoms with Crippen molar-refractivity contribution < 1.29 is 9.53 Å². The zero-order valence-electron chi connectivity index (χ0n) is 17.7. The molecule has 6 heteroatoms. The van der Waals surface area contributed by atoms with Gasteiger partial charge in [-0.2, -0.15) is 5.26 Å². The molecule has 0 amide bonds. The molecule has 1 fully saturated rings. The summed E-state index contributed by atoms with van der Waals surface area (Å²) in [6.07, 6.45) is 8.19. The van der Waals surface area contributed by atoms with E-state index >= 15 is 0 Å². The molecule has 2 heterocycles. The third kappa shape index (κ3) is 4.75. The molecule has 0 aliphatic heterocycles. The van der Waals surface area contributed by atoms with Crippen LogP contribution in [0.25, 0.3) is 5.65 Å². The number of nitriles is 1. The zero-order valence-corrected chi connectivity index (χ0v) is 18.4. The van der Waals surface area contributed by atoms with Crippen LogP contribution in [0.5, 0.6) is 5.75 Å². The topological polar surface area (TPSA) is 67.4 Å². The van der Waals surface area contributed by atoms with E-state index in [-0.39, 0.29) is 12.2 Å². The highest BCUT2D eigenvalue weighted by molar-refractivity contribution is 6.30. The Hall–Kier alpha value is -2.84. The number of fused-ring (bicyclic) bond motifs is 1. The Morgan fingerprint density at radius 2 is 2.00 bits per heavy atom. The van der Waals surface area contributed by atoms with Gasteiger partial charge in [0.25, 0.3) is 0 Å². The fraction of sp³-hybridized carbons (Fsp3) is 0.400. The van der Waals surface area contributed by atoms with E-state index in [1.54, 1.807) is 28.7 Å². The molecule has 1 unspecified atom stereocenters. The Morgan fingerprint density at radius 3 is 2.71 bits per heavy atom. The molecule has 0 N–H and O–H groups in total. The second-order valence-corrected chi connectivity index (χ2v) is 8.72. The van der Waals surface area contributed by atoms with Crippen molar-refractivity contribution in [1.29, 1.82) is 5.26 Å². The van der Waals surface area contributed by atoms with Gasteiger partial charge >= 0.3 is 0 Å². The summed E-state index contributed by atoms with van der Waals surface area (Å²) in [6, 6.07) is 13.1. The summed E-state index contributed by atoms with van der Waals surface area (Å²) in [5.74, 6) is 0.628. The summed E-state index contributed by atoms with van der Waals surface area (Å²) in [6.45, 7) is 2.51. The molecule has 1 aliphatic carbocycles. The lowest BCUT2D eigenvalue weighted by molar-refractivity contribution is 0.0972. The summed E-state index contributed by atoms with van der Waals surface area (Å²) >= 11 is 5.95. The smallest absolute Gasteiger partial charge is 0.183 e. The third-order valence-electron chi connectivity index (χ3n) is 6.07. The number of halogens is 1. The number of imidazole rings is 1. The standard InChI is InChI=1S/C25H26ClN3O2/c1-17-24(22(30)14-20(15-27)19-9-11-21(26)12-10-19)29-13-5-8-23(25(29)28-17)31-16-18-6-3-2-4-7-18/h5,8-13,18,20H,2-4,6-7,14,16H2,1H3. The Labute approximate surface area is 187 Å². The molecule has 1 aromatic carbocycles. The summed E-state index contributed by atoms with van der Waals surface area (Å²) in [5.41, 5.74) is 2.58. The van der Waals surface area contributed by atoms with E-state index in [1.807, 2.05) is 25.3 Å². The average molecular weight is 436 g/mol. The molecule has 5 nitrogen and oxygen atoms in total. The maximum Gasteiger partial charge on any atom is 0.183 e. The normalized spacial score (nSPS) is 15.5. The number of aryl methyl sites for hydroxylation is 1. The molecule has 1 atom stereocenters. The number of ether oxygens (including phenoxy) is 1. The summed E-state index contributed by atoms with van der Waals surface area (Å²) < 4.78 is 7.93. The van der Waals surface area contributed by atoms with Gasteiger partial charge in [0.1, 0.15) is 5.69 Å². The van der Waals surface area contributed by atoms with Crippen molar-refractivity contribution >= 4 is 23.0 Å². The molecule has 1 aliphatic rings. The molecule has 0 spiro atoms. The Morgan fingerprint density at radius 1 is 1.26 bits per heavy atom. The van der Waals surface area contributed by atoms with E-state index in [4.69, 9.17) is 16.3 Å². The van der Waals surface area contributed by atoms with Gasteiger partial charge in [-0.3, -0.25) is 9.20 Å². The van der Waals surface area contributed by atoms with E-state index < -0.39 is 5.92 Å². The van der Waals surface area contributed by atoms with Gasteiger partial charge in [-0.15, -0.1) is 0 Å². The number of Topliss-reactive ketones (excluding diaryl/α,β-unsaturated/α-hetero) is 1. The van der Waals surface area contributed by atoms with Crippen LogP contribution in [0.2, 0.25) is 5.02 Å². The van der Waals surface area contributed by atoms with Crippen molar-refractivity contribution in [3.05, 3.63) is 64.6 Å². The lowest BCUT2D eigenvalue weighted by Gasteiger charge is -2.21. The van der Waals surface area contributed by atoms with Gasteiger partial charge in [-0.25, -0.2) is 4.98 Å². The van der Waals surface area contributed by atoms with Crippen molar-refractivity contribution in [3.63, 3.8) is 0 Å². The second-order valence-electron chi connectivity index (χ2n) is 8.29. The number of carbonyl (C=O) groups is 1. The first-order valence-electron chi connectivity index (χ1n) is 10.9. The number of benzene rings is 1. The van der Waals surface area contributed by atoms with Crippen LogP contribution in [-0.2, 0) is 0 Å². The van der Waals surface area contributed by atoms with Crippen molar-refractivity contribution in [3.8, 4) is 11.8 Å². The highest BCUT2D eigenvalue weighted by atomic mass is 35.5. The summed E-state index contributed by atoms with van der Waals surface area (Å²) in [7, 11) is 0. The Balaban J connectivity index is 1.55. The van der Waals surface area contributed by atoms with Crippen molar-refractivity contribution in [2.24, 2.45) is 5.92 Å². The molecule has 0 bridgehead atoms. The lowest BCUT2D eigenvalue weighted by atomic mass is 9.90. The van der Waals surface area contributed by atoms with Gasteiger partial charge in [0.15, 0.2) is 17.2 Å². The van der Waals surface area contributed by atoms with Crippen LogP contribution >= 0.6 is 11.6 Å². The van der Waals surface area contributed by atoms with Crippen molar-refractivity contribution in [1.82, 2.24) is 9.38 Å². The van der Waals surface area contributed by atoms with Gasteiger partial charge in [-0.1, -0.05) is 43.0 Å². The van der Waals surface area contributed by atoms with Gasteiger partial charge in [-0.05, 0) is 55.5 Å². The minimum absolute atomic E-state index is 0.0833. The van der Waals surface area contributed by atoms with Crippen LogP contribution in [0.4, 0.5) is 0 Å². The van der Waals surface area contributed by atoms with Crippen LogP contribution in [0.1, 0.15) is 66.2 Å². The number of nitrogens with zero attached hydrogens (tertiary/aromatic N) is 3. The lowest BCUT2D eigenvalue weighted by Crippen LogP contribution is -2.15. The number of pyridine rings is 1. The van der Waals surface area contributed by atoms with E-state index in [2.05, 4.69) is 11.1 Å². The van der Waals surface area contributed by atoms with Gasteiger partial charge in [0, 0.05) is 17.6 Å². The maximum absolute atomic E-state index is 13.2. The minimum Gasteiger partial charge on any atom is -0.489 e. The second kappa shape index (κ2) is 9.53. The fourth-order valence-corrected chi connectivity index (χ4v) is 4.51. The van der Waals surface area contributed by atoms with Gasteiger partial charge < -0.3 is 4.74 Å². The SMILES string of the molecule is Cc1nc2c(OCC3CCCCC3)cccn2c1C(=O)CC(C#N)c1ccc(Cl)cc1. The van der Waals surface area contributed by atoms with Crippen LogP contribution in [-0.4, -0.2) is 21.8 Å². The van der Waals surface area contributed by atoms with Crippen LogP contribution < -0.4 is 4.74 Å². The summed E-state index contributed by atoms with van der Waals surface area (Å²) in [4.78, 5) is 17.8. The largest absolute Gasteiger partial charge is 0.489 e. The molecule has 31 heavy (non-hydrogen) atoms. The van der Waals surface area contributed by atoms with Crippen LogP contribution in [0, 0.1) is 24.2 Å². The van der Waals surface area contributed by atoms with E-state index in [0.717, 1.165) is 5.56 Å². The highest BCUT2D eigenvalue weighted by Crippen LogP contribution is 2.29. The monoisotopic (exact) mass is 435 g/mol. The van der Waals surface area contributed by atoms with Crippen LogP contribution in [0.15, 0.2) is 42.6 Å². The summed E-state index contributed by atoms with van der Waals surface area (Å²) in [5, 5.41) is 10.2. The zero-order chi connectivity index (χ0) is 21.8. The van der Waals surface area contributed by atoms with Crippen molar-refractivity contribution in [2.45, 2.75) is 51.4 Å². The number of hydrogen-bond acceptors (Lipinski definition) is 4. The predicted molar refractivity (Wildman–Crippen MR) is 121 cm³/mol. The number of aromatic nitrogens is 2. The first-order valence-corrected chi connectivity index (χ1v) is 11.2. The maximum atomic E-state index is 13.2. The Kier molecular flexibility index (Phi) is 6.58. The number of hydrogen-bond donors (Lipinski definition) is 0. The van der Waals surface area contributed by atoms with Gasteiger partial charge in [0.2, 0.25) is 0 Å². The molecule has 160 valence electrons. The molecule has 1 saturated carbocycles. The predicted octanol–water partition coefficient (Wildman–Crippen LogP) is 6.14. The van der Waals surface area contributed by atoms with Crippen molar-refractivity contribution in [2.75, 3.05) is 6.61 Å². The first kappa shape index (κ1) is 21.4. The van der Waals surface area contributed by atoms with E-state index in [1.165, 1.54) is 32.1 Å². The average Bonchev–Trinajstić information content (AvgIpc) is 3.13. The first-order chi connectivity index (χ1) is 15.1. The molecule has 2 aromatic heterocycles. The molecular formula is C25H26ClN3O2. The van der Waals surface area contributed by atoms with E-state index in [9.17, 15) is 10.1 Å². The number of ketones is 1. The fourth-order valence-electron chi connectivity index (χ4n) is 4.38. The van der Waals surface area contributed by atoms with Crippen LogP contribution in [0.3, 0.4) is 0 Å². The molecule has 4 rings (SSSR count). The van der Waals surface area contributed by atoms with E-state index in [0.29, 0.717) is 40.3 Å². The molecule has 3 aromatic rings. The molecule has 0 saturated heterocycles. The molecular weight excluding hydrogens is 410 g/mol. The van der Waals surface area contributed by atoms with Gasteiger partial charge in [0.05, 0.1) is 24.3 Å². The third-order valence-corrected chi connectivity index (χ3v) is 6.32. The minimum atomic E-state index is -0.541. The highest BCUT2D eigenvalue weighted by Gasteiger charge is 2.23. The number of rotatable bonds is 7. The Bertz CT molecular complexity index is 1110. The quantitative estimate of drug-likeness (QED) is 0.418. The molecule has 0 radical (unpaired) electrons. The number of carbonyl (C=O) groups excluding carboxylic acids is 1.